The maximum atomic E-state index is 13.3. The molecule has 0 atom stereocenters. The predicted octanol–water partition coefficient (Wildman–Crippen LogP) is 7.10. The molecule has 0 radical (unpaired) electrons. The van der Waals surface area contributed by atoms with Crippen molar-refractivity contribution in [3.63, 3.8) is 0 Å². The third-order valence-corrected chi connectivity index (χ3v) is 6.61. The van der Waals surface area contributed by atoms with Crippen molar-refractivity contribution in [1.29, 1.82) is 0 Å². The van der Waals surface area contributed by atoms with Crippen molar-refractivity contribution in [1.82, 2.24) is 9.88 Å². The molecule has 0 aliphatic heterocycles. The molecule has 0 unspecified atom stereocenters. The molecule has 4 nitrogen and oxygen atoms in total. The molecule has 0 aliphatic carbocycles. The van der Waals surface area contributed by atoms with Gasteiger partial charge < -0.3 is 9.88 Å². The Morgan fingerprint density at radius 1 is 0.912 bits per heavy atom. The first-order valence-electron chi connectivity index (χ1n) is 11.4. The van der Waals surface area contributed by atoms with E-state index >= 15 is 0 Å². The molecule has 1 N–H and O–H groups in total. The van der Waals surface area contributed by atoms with E-state index in [1.165, 1.54) is 0 Å². The number of benzene rings is 3. The summed E-state index contributed by atoms with van der Waals surface area (Å²) in [6.07, 6.45) is 4.82. The topological polar surface area (TPSA) is 51.1 Å². The summed E-state index contributed by atoms with van der Waals surface area (Å²) in [5, 5.41) is 4.26. The van der Waals surface area contributed by atoms with Gasteiger partial charge in [0.05, 0.1) is 15.6 Å². The minimum atomic E-state index is -0.408. The minimum absolute atomic E-state index is 0.136. The highest BCUT2D eigenvalue weighted by atomic mass is 35.5. The second-order valence-electron chi connectivity index (χ2n) is 8.30. The zero-order valence-electron chi connectivity index (χ0n) is 19.0. The highest BCUT2D eigenvalue weighted by molar-refractivity contribution is 6.42. The summed E-state index contributed by atoms with van der Waals surface area (Å²) in [4.78, 5) is 26.3. The molecule has 1 amide bonds. The van der Waals surface area contributed by atoms with Crippen molar-refractivity contribution in [3.8, 4) is 11.1 Å². The lowest BCUT2D eigenvalue weighted by Gasteiger charge is -2.15. The normalized spacial score (nSPS) is 11.0. The van der Waals surface area contributed by atoms with Crippen LogP contribution in [0.2, 0.25) is 10.0 Å². The zero-order chi connectivity index (χ0) is 24.1. The highest BCUT2D eigenvalue weighted by Gasteiger charge is 2.16. The molecule has 174 valence electrons. The largest absolute Gasteiger partial charge is 0.348 e. The molecule has 6 heteroatoms. The van der Waals surface area contributed by atoms with Crippen LogP contribution in [0, 0.1) is 0 Å². The first kappa shape index (κ1) is 24.1. The van der Waals surface area contributed by atoms with Crippen LogP contribution in [-0.2, 0) is 13.1 Å². The number of halogens is 2. The molecule has 3 aromatic carbocycles. The average molecular weight is 493 g/mol. The van der Waals surface area contributed by atoms with Gasteiger partial charge >= 0.3 is 0 Å². The summed E-state index contributed by atoms with van der Waals surface area (Å²) >= 11 is 12.0. The van der Waals surface area contributed by atoms with Crippen molar-refractivity contribution < 1.29 is 4.79 Å². The third-order valence-electron chi connectivity index (χ3n) is 5.87. The van der Waals surface area contributed by atoms with Gasteiger partial charge in [0.2, 0.25) is 5.43 Å². The van der Waals surface area contributed by atoms with Gasteiger partial charge in [0.1, 0.15) is 5.56 Å². The van der Waals surface area contributed by atoms with Gasteiger partial charge in [-0.3, -0.25) is 9.59 Å². The van der Waals surface area contributed by atoms with Gasteiger partial charge in [-0.05, 0) is 47.4 Å². The molecule has 4 aromatic rings. The van der Waals surface area contributed by atoms with E-state index in [0.717, 1.165) is 48.0 Å². The Hall–Kier alpha value is -3.08. The van der Waals surface area contributed by atoms with Gasteiger partial charge in [0.15, 0.2) is 0 Å². The number of carbonyl (C=O) groups is 1. The Morgan fingerprint density at radius 3 is 2.44 bits per heavy atom. The Labute approximate surface area is 209 Å². The quantitative estimate of drug-likeness (QED) is 0.266. The summed E-state index contributed by atoms with van der Waals surface area (Å²) < 4.78 is 2.03. The lowest BCUT2D eigenvalue weighted by molar-refractivity contribution is 0.0949. The summed E-state index contributed by atoms with van der Waals surface area (Å²) in [5.74, 6) is -0.408. The van der Waals surface area contributed by atoms with Gasteiger partial charge in [0.25, 0.3) is 5.91 Å². The molecule has 0 fully saturated rings. The maximum absolute atomic E-state index is 13.3. The van der Waals surface area contributed by atoms with Crippen LogP contribution < -0.4 is 10.7 Å². The molecule has 1 aromatic heterocycles. The van der Waals surface area contributed by atoms with Gasteiger partial charge in [-0.1, -0.05) is 85.4 Å². The minimum Gasteiger partial charge on any atom is -0.348 e. The smallest absolute Gasteiger partial charge is 0.257 e. The monoisotopic (exact) mass is 492 g/mol. The lowest BCUT2D eigenvalue weighted by Crippen LogP contribution is -2.29. The first-order valence-corrected chi connectivity index (χ1v) is 12.2. The molecule has 0 saturated heterocycles. The molecule has 4 rings (SSSR count). The number of nitrogens with zero attached hydrogens (tertiary/aromatic N) is 1. The number of aryl methyl sites for hydroxylation is 1. The molecule has 0 spiro atoms. The fourth-order valence-corrected chi connectivity index (χ4v) is 4.33. The second kappa shape index (κ2) is 10.9. The van der Waals surface area contributed by atoms with Crippen LogP contribution in [0.4, 0.5) is 0 Å². The fourth-order valence-electron chi connectivity index (χ4n) is 4.01. The summed E-state index contributed by atoms with van der Waals surface area (Å²) in [5.41, 5.74) is 3.63. The number of pyridine rings is 1. The standard InChI is InChI=1S/C28H26Cl2N2O2/c1-2-3-7-14-32-18-23(28(34)31-17-19-10-13-24(29)25(30)15-19)27(33)22-12-11-21(16-26(22)32)20-8-5-4-6-9-20/h4-6,8-13,15-16,18H,2-3,7,14,17H2,1H3,(H,31,34). The van der Waals surface area contributed by atoms with Crippen LogP contribution in [0.15, 0.2) is 77.7 Å². The Bertz CT molecular complexity index is 1380. The van der Waals surface area contributed by atoms with E-state index in [1.54, 1.807) is 24.4 Å². The number of rotatable bonds is 8. The predicted molar refractivity (Wildman–Crippen MR) is 141 cm³/mol. The van der Waals surface area contributed by atoms with Gasteiger partial charge in [-0.25, -0.2) is 0 Å². The number of carbonyl (C=O) groups excluding carboxylic acids is 1. The van der Waals surface area contributed by atoms with E-state index in [9.17, 15) is 9.59 Å². The fraction of sp³-hybridized carbons (Fsp3) is 0.214. The number of hydrogen-bond acceptors (Lipinski definition) is 2. The number of nitrogens with one attached hydrogen (secondary N) is 1. The van der Waals surface area contributed by atoms with Crippen LogP contribution >= 0.6 is 23.2 Å². The molecule has 0 saturated carbocycles. The zero-order valence-corrected chi connectivity index (χ0v) is 20.5. The van der Waals surface area contributed by atoms with Crippen LogP contribution in [0.25, 0.3) is 22.0 Å². The van der Waals surface area contributed by atoms with Crippen molar-refractivity contribution >= 4 is 40.0 Å². The highest BCUT2D eigenvalue weighted by Crippen LogP contribution is 2.25. The van der Waals surface area contributed by atoms with Crippen LogP contribution in [0.5, 0.6) is 0 Å². The SMILES string of the molecule is CCCCCn1cc(C(=O)NCc2ccc(Cl)c(Cl)c2)c(=O)c2ccc(-c3ccccc3)cc21. The Morgan fingerprint density at radius 2 is 1.71 bits per heavy atom. The molecule has 34 heavy (non-hydrogen) atoms. The van der Waals surface area contributed by atoms with E-state index in [-0.39, 0.29) is 17.5 Å². The van der Waals surface area contributed by atoms with E-state index in [0.29, 0.717) is 15.4 Å². The number of unbranched alkanes of at least 4 members (excludes halogenated alkanes) is 2. The van der Waals surface area contributed by atoms with Crippen molar-refractivity contribution in [2.24, 2.45) is 0 Å². The molecule has 0 aliphatic rings. The molecule has 1 heterocycles. The maximum Gasteiger partial charge on any atom is 0.257 e. The summed E-state index contributed by atoms with van der Waals surface area (Å²) in [7, 11) is 0. The van der Waals surface area contributed by atoms with E-state index in [4.69, 9.17) is 23.2 Å². The number of amides is 1. The van der Waals surface area contributed by atoms with E-state index in [2.05, 4.69) is 12.2 Å². The first-order chi connectivity index (χ1) is 16.5. The Kier molecular flexibility index (Phi) is 7.71. The van der Waals surface area contributed by atoms with E-state index < -0.39 is 5.91 Å². The van der Waals surface area contributed by atoms with Gasteiger partial charge in [-0.15, -0.1) is 0 Å². The van der Waals surface area contributed by atoms with Crippen LogP contribution in [-0.4, -0.2) is 10.5 Å². The van der Waals surface area contributed by atoms with Crippen molar-refractivity contribution in [2.45, 2.75) is 39.3 Å². The van der Waals surface area contributed by atoms with Crippen LogP contribution in [0.3, 0.4) is 0 Å². The lowest BCUT2D eigenvalue weighted by atomic mass is 10.0. The summed E-state index contributed by atoms with van der Waals surface area (Å²) in [6, 6.07) is 21.1. The Balaban J connectivity index is 1.70. The molecular weight excluding hydrogens is 467 g/mol. The van der Waals surface area contributed by atoms with Crippen LogP contribution in [0.1, 0.15) is 42.1 Å². The van der Waals surface area contributed by atoms with E-state index in [1.807, 2.05) is 53.1 Å². The summed E-state index contributed by atoms with van der Waals surface area (Å²) in [6.45, 7) is 3.13. The second-order valence-corrected chi connectivity index (χ2v) is 9.12. The number of fused-ring (bicyclic) bond motifs is 1. The average Bonchev–Trinajstić information content (AvgIpc) is 2.86. The van der Waals surface area contributed by atoms with Gasteiger partial charge in [0, 0.05) is 24.7 Å². The number of aromatic nitrogens is 1. The number of hydrogen-bond donors (Lipinski definition) is 1. The molecular formula is C28H26Cl2N2O2. The van der Waals surface area contributed by atoms with Gasteiger partial charge in [-0.2, -0.15) is 0 Å². The molecule has 0 bridgehead atoms. The third kappa shape index (κ3) is 5.35. The van der Waals surface area contributed by atoms with Crippen molar-refractivity contribution in [3.05, 3.63) is 104 Å². The van der Waals surface area contributed by atoms with Crippen molar-refractivity contribution in [2.75, 3.05) is 0 Å².